The van der Waals surface area contributed by atoms with Crippen LogP contribution in [0.2, 0.25) is 0 Å². The van der Waals surface area contributed by atoms with Gasteiger partial charge in [-0.3, -0.25) is 4.68 Å². The van der Waals surface area contributed by atoms with Gasteiger partial charge in [-0.2, -0.15) is 15.1 Å². The first-order valence-electron chi connectivity index (χ1n) is 11.3. The van der Waals surface area contributed by atoms with Crippen molar-refractivity contribution in [2.75, 3.05) is 56.4 Å². The molecule has 1 aliphatic rings. The number of benzene rings is 1. The Morgan fingerprint density at radius 1 is 1.03 bits per heavy atom. The maximum atomic E-state index is 4.75. The summed E-state index contributed by atoms with van der Waals surface area (Å²) in [5, 5.41) is 12.1. The smallest absolute Gasteiger partial charge is 0.226 e. The Hall–Kier alpha value is -2.71. The van der Waals surface area contributed by atoms with Crippen LogP contribution in [0, 0.1) is 6.92 Å². The molecular weight excluding hydrogens is 388 g/mol. The molecule has 1 aliphatic heterocycles. The molecule has 8 heteroatoms. The van der Waals surface area contributed by atoms with Gasteiger partial charge >= 0.3 is 0 Å². The summed E-state index contributed by atoms with van der Waals surface area (Å²) in [7, 11) is 1.91. The van der Waals surface area contributed by atoms with E-state index in [0.29, 0.717) is 5.95 Å². The van der Waals surface area contributed by atoms with Gasteiger partial charge in [0.15, 0.2) is 5.65 Å². The molecule has 0 saturated carbocycles. The van der Waals surface area contributed by atoms with E-state index in [1.807, 2.05) is 25.4 Å². The lowest BCUT2D eigenvalue weighted by molar-refractivity contribution is 0.132. The summed E-state index contributed by atoms with van der Waals surface area (Å²) in [6, 6.07) is 8.28. The van der Waals surface area contributed by atoms with Crippen molar-refractivity contribution in [2.24, 2.45) is 7.05 Å². The number of aryl methyl sites for hydroxylation is 2. The lowest BCUT2D eigenvalue weighted by Crippen LogP contribution is -2.46. The number of anilines is 3. The fraction of sp³-hybridized carbons (Fsp3) is 0.522. The van der Waals surface area contributed by atoms with Gasteiger partial charge in [0.2, 0.25) is 5.95 Å². The van der Waals surface area contributed by atoms with Crippen LogP contribution >= 0.6 is 0 Å². The fourth-order valence-electron chi connectivity index (χ4n) is 4.11. The molecular formula is C23H34N8. The summed E-state index contributed by atoms with van der Waals surface area (Å²) < 4.78 is 1.79. The molecule has 31 heavy (non-hydrogen) atoms. The third-order valence-corrected chi connectivity index (χ3v) is 5.81. The first-order valence-corrected chi connectivity index (χ1v) is 11.3. The van der Waals surface area contributed by atoms with E-state index in [0.717, 1.165) is 42.0 Å². The molecule has 8 nitrogen and oxygen atoms in total. The normalized spacial score (nSPS) is 15.5. The Bertz CT molecular complexity index is 990. The number of piperazine rings is 1. The van der Waals surface area contributed by atoms with Crippen LogP contribution in [0.3, 0.4) is 0 Å². The van der Waals surface area contributed by atoms with Crippen LogP contribution in [-0.2, 0) is 7.05 Å². The van der Waals surface area contributed by atoms with E-state index in [4.69, 9.17) is 4.98 Å². The Morgan fingerprint density at radius 3 is 2.55 bits per heavy atom. The quantitative estimate of drug-likeness (QED) is 0.513. The van der Waals surface area contributed by atoms with Crippen LogP contribution in [-0.4, -0.2) is 75.4 Å². The van der Waals surface area contributed by atoms with Crippen molar-refractivity contribution in [1.29, 1.82) is 0 Å². The molecule has 166 valence electrons. The van der Waals surface area contributed by atoms with E-state index in [2.05, 4.69) is 56.5 Å². The largest absolute Gasteiger partial charge is 0.354 e. The molecule has 2 N–H and O–H groups in total. The molecule has 0 unspecified atom stereocenters. The van der Waals surface area contributed by atoms with Crippen LogP contribution in [0.5, 0.6) is 0 Å². The van der Waals surface area contributed by atoms with E-state index in [9.17, 15) is 0 Å². The topological polar surface area (TPSA) is 74.1 Å². The maximum Gasteiger partial charge on any atom is 0.226 e. The van der Waals surface area contributed by atoms with Crippen molar-refractivity contribution in [3.8, 4) is 0 Å². The monoisotopic (exact) mass is 422 g/mol. The van der Waals surface area contributed by atoms with Crippen LogP contribution in [0.15, 0.2) is 30.5 Å². The number of hydrogen-bond acceptors (Lipinski definition) is 7. The van der Waals surface area contributed by atoms with Gasteiger partial charge in [0, 0.05) is 45.5 Å². The van der Waals surface area contributed by atoms with Crippen LogP contribution in [0.25, 0.3) is 11.0 Å². The average Bonchev–Trinajstić information content (AvgIpc) is 3.14. The highest BCUT2D eigenvalue weighted by Crippen LogP contribution is 2.25. The van der Waals surface area contributed by atoms with Gasteiger partial charge in [-0.15, -0.1) is 0 Å². The lowest BCUT2D eigenvalue weighted by atomic mass is 10.2. The minimum atomic E-state index is 0.638. The number of nitrogens with zero attached hydrogens (tertiary/aromatic N) is 6. The number of fused-ring (bicyclic) bond motifs is 1. The van der Waals surface area contributed by atoms with E-state index < -0.39 is 0 Å². The van der Waals surface area contributed by atoms with Crippen molar-refractivity contribution in [3.05, 3.63) is 36.0 Å². The highest BCUT2D eigenvalue weighted by atomic mass is 15.3. The van der Waals surface area contributed by atoms with Crippen LogP contribution < -0.4 is 10.6 Å². The van der Waals surface area contributed by atoms with Gasteiger partial charge in [-0.05, 0) is 50.6 Å². The zero-order chi connectivity index (χ0) is 21.6. The van der Waals surface area contributed by atoms with E-state index in [1.54, 1.807) is 4.68 Å². The Balaban J connectivity index is 1.36. The van der Waals surface area contributed by atoms with Gasteiger partial charge in [0.1, 0.15) is 5.82 Å². The summed E-state index contributed by atoms with van der Waals surface area (Å²) in [5.41, 5.74) is 3.03. The van der Waals surface area contributed by atoms with Crippen molar-refractivity contribution < 1.29 is 0 Å². The molecule has 2 aromatic heterocycles. The molecule has 1 saturated heterocycles. The van der Waals surface area contributed by atoms with E-state index in [-0.39, 0.29) is 0 Å². The summed E-state index contributed by atoms with van der Waals surface area (Å²) >= 11 is 0. The molecule has 0 amide bonds. The number of rotatable bonds is 9. The molecule has 1 aromatic carbocycles. The molecule has 0 aliphatic carbocycles. The minimum absolute atomic E-state index is 0.638. The third kappa shape index (κ3) is 5.51. The average molecular weight is 423 g/mol. The van der Waals surface area contributed by atoms with Gasteiger partial charge in [0.05, 0.1) is 11.6 Å². The highest BCUT2D eigenvalue weighted by molar-refractivity contribution is 5.89. The second kappa shape index (κ2) is 10.1. The molecule has 0 radical (unpaired) electrons. The van der Waals surface area contributed by atoms with Gasteiger partial charge < -0.3 is 20.4 Å². The minimum Gasteiger partial charge on any atom is -0.354 e. The zero-order valence-corrected chi connectivity index (χ0v) is 18.9. The highest BCUT2D eigenvalue weighted by Gasteiger charge is 2.16. The van der Waals surface area contributed by atoms with Crippen molar-refractivity contribution in [3.63, 3.8) is 0 Å². The predicted molar refractivity (Wildman–Crippen MR) is 127 cm³/mol. The molecule has 0 bridgehead atoms. The lowest BCUT2D eigenvalue weighted by Gasteiger charge is -2.34. The first-order chi connectivity index (χ1) is 15.1. The summed E-state index contributed by atoms with van der Waals surface area (Å²) in [6.07, 6.45) is 4.13. The second-order valence-corrected chi connectivity index (χ2v) is 8.36. The standard InChI is InChI=1S/C23H34N8/c1-4-10-30-12-14-31(15-13-30)11-6-9-24-23-27-21(20-17-25-29(3)22(20)28-23)26-19-8-5-7-18(2)16-19/h5,7-8,16-17H,4,6,9-15H2,1-3H3,(H2,24,26,27,28). The Morgan fingerprint density at radius 2 is 1.81 bits per heavy atom. The predicted octanol–water partition coefficient (Wildman–Crippen LogP) is 3.24. The van der Waals surface area contributed by atoms with Crippen LogP contribution in [0.4, 0.5) is 17.5 Å². The Kier molecular flexibility index (Phi) is 6.99. The van der Waals surface area contributed by atoms with E-state index in [1.165, 1.54) is 44.7 Å². The van der Waals surface area contributed by atoms with Crippen molar-refractivity contribution >= 4 is 28.5 Å². The van der Waals surface area contributed by atoms with Crippen molar-refractivity contribution in [2.45, 2.75) is 26.7 Å². The summed E-state index contributed by atoms with van der Waals surface area (Å²) in [4.78, 5) is 14.6. The molecule has 1 fully saturated rings. The van der Waals surface area contributed by atoms with Gasteiger partial charge in [-0.1, -0.05) is 19.1 Å². The van der Waals surface area contributed by atoms with E-state index >= 15 is 0 Å². The number of hydrogen-bond donors (Lipinski definition) is 2. The SMILES string of the molecule is CCCN1CCN(CCCNc2nc(Nc3cccc(C)c3)c3cnn(C)c3n2)CC1. The van der Waals surface area contributed by atoms with Crippen LogP contribution in [0.1, 0.15) is 25.3 Å². The number of aromatic nitrogens is 4. The second-order valence-electron chi connectivity index (χ2n) is 8.36. The summed E-state index contributed by atoms with van der Waals surface area (Å²) in [5.74, 6) is 1.41. The third-order valence-electron chi connectivity index (χ3n) is 5.81. The first kappa shape index (κ1) is 21.5. The van der Waals surface area contributed by atoms with Gasteiger partial charge in [-0.25, -0.2) is 0 Å². The Labute approximate surface area is 184 Å². The molecule has 3 heterocycles. The molecule has 0 atom stereocenters. The van der Waals surface area contributed by atoms with Gasteiger partial charge in [0.25, 0.3) is 0 Å². The maximum absolute atomic E-state index is 4.75. The fourth-order valence-corrected chi connectivity index (χ4v) is 4.11. The zero-order valence-electron chi connectivity index (χ0n) is 18.9. The molecule has 3 aromatic rings. The molecule has 4 rings (SSSR count). The number of nitrogens with one attached hydrogen (secondary N) is 2. The molecule has 0 spiro atoms. The van der Waals surface area contributed by atoms with Crippen molar-refractivity contribution in [1.82, 2.24) is 29.5 Å². The summed E-state index contributed by atoms with van der Waals surface area (Å²) in [6.45, 7) is 12.2.